The van der Waals surface area contributed by atoms with Crippen LogP contribution in [0.25, 0.3) is 0 Å². The van der Waals surface area contributed by atoms with E-state index in [1.165, 1.54) is 0 Å². The molecule has 0 aromatic heterocycles. The van der Waals surface area contributed by atoms with Crippen LogP contribution in [0, 0.1) is 0 Å². The monoisotopic (exact) mass is 389 g/mol. The number of aliphatic hydroxyl groups is 1. The molecular formula is C18H18BrN2OS+. The molecule has 3 nitrogen and oxygen atoms in total. The predicted molar refractivity (Wildman–Crippen MR) is 99.0 cm³/mol. The van der Waals surface area contributed by atoms with Crippen LogP contribution in [0.3, 0.4) is 0 Å². The van der Waals surface area contributed by atoms with Crippen LogP contribution >= 0.6 is 27.7 Å². The average molecular weight is 390 g/mol. The Labute approximate surface area is 148 Å². The number of hydrogen-bond acceptors (Lipinski definition) is 3. The van der Waals surface area contributed by atoms with E-state index in [1.54, 1.807) is 0 Å². The smallest absolute Gasteiger partial charge is 0.316 e. The van der Waals surface area contributed by atoms with Crippen molar-refractivity contribution < 1.29 is 9.68 Å². The predicted octanol–water partition coefficient (Wildman–Crippen LogP) is 3.62. The standard InChI is InChI=1S/C18H18BrN2OS/c19-15-7-9-16(10-8-15)20-13-18(22,14-5-2-1-3-6-14)21-11-4-12-23-17(20)21/h1-3,5-10,22H,4,11-13H2/q+1/t18-/m1/s1. The molecule has 2 aliphatic heterocycles. The summed E-state index contributed by atoms with van der Waals surface area (Å²) in [4.78, 5) is 2.24. The van der Waals surface area contributed by atoms with E-state index in [0.717, 1.165) is 39.6 Å². The van der Waals surface area contributed by atoms with Gasteiger partial charge in [-0.1, -0.05) is 46.3 Å². The maximum Gasteiger partial charge on any atom is 0.316 e. The normalized spacial score (nSPS) is 24.0. The maximum absolute atomic E-state index is 11.5. The molecule has 1 N–H and O–H groups in total. The third kappa shape index (κ3) is 2.61. The summed E-state index contributed by atoms with van der Waals surface area (Å²) in [5.74, 6) is 1.10. The summed E-state index contributed by atoms with van der Waals surface area (Å²) in [7, 11) is 0. The lowest BCUT2D eigenvalue weighted by molar-refractivity contribution is -0.656. The first-order valence-corrected chi connectivity index (χ1v) is 9.55. The summed E-state index contributed by atoms with van der Waals surface area (Å²) >= 11 is 5.33. The first-order chi connectivity index (χ1) is 11.2. The second-order valence-electron chi connectivity index (χ2n) is 5.88. The van der Waals surface area contributed by atoms with Crippen LogP contribution in [0.4, 0.5) is 5.69 Å². The molecule has 5 heteroatoms. The number of benzene rings is 2. The summed E-state index contributed by atoms with van der Waals surface area (Å²) in [6.07, 6.45) is 1.09. The van der Waals surface area contributed by atoms with Crippen LogP contribution in [0.2, 0.25) is 0 Å². The molecule has 0 saturated carbocycles. The zero-order valence-electron chi connectivity index (χ0n) is 12.7. The van der Waals surface area contributed by atoms with Gasteiger partial charge in [-0.25, -0.2) is 9.48 Å². The van der Waals surface area contributed by atoms with Gasteiger partial charge in [-0.3, -0.25) is 0 Å². The van der Waals surface area contributed by atoms with Gasteiger partial charge in [0.25, 0.3) is 5.72 Å². The van der Waals surface area contributed by atoms with Crippen molar-refractivity contribution in [3.63, 3.8) is 0 Å². The fraction of sp³-hybridized carbons (Fsp3) is 0.278. The average Bonchev–Trinajstić information content (AvgIpc) is 2.91. The first kappa shape index (κ1) is 15.2. The van der Waals surface area contributed by atoms with E-state index < -0.39 is 5.72 Å². The second-order valence-corrected chi connectivity index (χ2v) is 7.86. The zero-order valence-corrected chi connectivity index (χ0v) is 15.1. The molecule has 2 heterocycles. The van der Waals surface area contributed by atoms with Gasteiger partial charge in [0.2, 0.25) is 0 Å². The van der Waals surface area contributed by atoms with Gasteiger partial charge >= 0.3 is 5.17 Å². The number of hydrogen-bond donors (Lipinski definition) is 1. The van der Waals surface area contributed by atoms with E-state index in [-0.39, 0.29) is 0 Å². The van der Waals surface area contributed by atoms with Crippen LogP contribution in [-0.2, 0) is 5.72 Å². The number of anilines is 1. The fourth-order valence-electron chi connectivity index (χ4n) is 3.27. The van der Waals surface area contributed by atoms with E-state index in [1.807, 2.05) is 54.2 Å². The quantitative estimate of drug-likeness (QED) is 0.794. The molecule has 2 aliphatic rings. The Morgan fingerprint density at radius 3 is 2.57 bits per heavy atom. The molecule has 23 heavy (non-hydrogen) atoms. The van der Waals surface area contributed by atoms with Crippen molar-refractivity contribution >= 4 is 38.5 Å². The minimum absolute atomic E-state index is 0.557. The molecule has 0 unspecified atom stereocenters. The largest absolute Gasteiger partial charge is 0.346 e. The van der Waals surface area contributed by atoms with Crippen molar-refractivity contribution in [2.24, 2.45) is 0 Å². The summed E-state index contributed by atoms with van der Waals surface area (Å²) < 4.78 is 3.23. The third-order valence-corrected chi connectivity index (χ3v) is 6.14. The zero-order chi connectivity index (χ0) is 15.9. The SMILES string of the molecule is O[C@@]1(c2ccccc2)CN(c2ccc(Br)cc2)C2=[N+]1CCCS2. The molecule has 2 aromatic carbocycles. The van der Waals surface area contributed by atoms with E-state index in [2.05, 4.69) is 37.5 Å². The van der Waals surface area contributed by atoms with Crippen molar-refractivity contribution in [2.75, 3.05) is 23.7 Å². The van der Waals surface area contributed by atoms with Crippen molar-refractivity contribution in [3.8, 4) is 0 Å². The molecule has 2 aromatic rings. The van der Waals surface area contributed by atoms with Crippen LogP contribution in [-0.4, -0.2) is 33.7 Å². The van der Waals surface area contributed by atoms with E-state index >= 15 is 0 Å². The molecule has 0 spiro atoms. The van der Waals surface area contributed by atoms with Crippen molar-refractivity contribution in [1.82, 2.24) is 0 Å². The third-order valence-electron chi connectivity index (χ3n) is 4.42. The lowest BCUT2D eigenvalue weighted by Gasteiger charge is -2.24. The van der Waals surface area contributed by atoms with Gasteiger partial charge in [0, 0.05) is 15.8 Å². The van der Waals surface area contributed by atoms with Gasteiger partial charge in [0.05, 0.1) is 6.54 Å². The number of thioether (sulfide) groups is 1. The molecule has 0 aliphatic carbocycles. The molecule has 1 atom stereocenters. The van der Waals surface area contributed by atoms with E-state index in [0.29, 0.717) is 6.54 Å². The molecular weight excluding hydrogens is 372 g/mol. The Balaban J connectivity index is 1.79. The Bertz CT molecular complexity index is 747. The minimum Gasteiger partial charge on any atom is -0.346 e. The second kappa shape index (κ2) is 5.96. The van der Waals surface area contributed by atoms with Crippen LogP contribution in [0.5, 0.6) is 0 Å². The number of nitrogens with zero attached hydrogens (tertiary/aromatic N) is 2. The van der Waals surface area contributed by atoms with E-state index in [4.69, 9.17) is 0 Å². The van der Waals surface area contributed by atoms with Crippen molar-refractivity contribution in [2.45, 2.75) is 12.1 Å². The Morgan fingerprint density at radius 1 is 1.09 bits per heavy atom. The topological polar surface area (TPSA) is 26.5 Å². The van der Waals surface area contributed by atoms with E-state index in [9.17, 15) is 5.11 Å². The highest BCUT2D eigenvalue weighted by Gasteiger charge is 2.53. The molecule has 0 amide bonds. The Kier molecular flexibility index (Phi) is 3.95. The highest BCUT2D eigenvalue weighted by molar-refractivity contribution is 9.10. The molecule has 0 radical (unpaired) electrons. The lowest BCUT2D eigenvalue weighted by atomic mass is 10.0. The number of β-amino-alcohol motifs (C(OH)–C–C–N with tert-alkyl or cyclic N) is 1. The van der Waals surface area contributed by atoms with Gasteiger partial charge in [-0.2, -0.15) is 0 Å². The van der Waals surface area contributed by atoms with Gasteiger partial charge in [0.1, 0.15) is 5.69 Å². The van der Waals surface area contributed by atoms with Gasteiger partial charge in [-0.05, 0) is 42.4 Å². The van der Waals surface area contributed by atoms with Crippen molar-refractivity contribution in [3.05, 3.63) is 64.6 Å². The van der Waals surface area contributed by atoms with Crippen LogP contribution in [0.15, 0.2) is 59.1 Å². The summed E-state index contributed by atoms with van der Waals surface area (Å²) in [5.41, 5.74) is 1.12. The minimum atomic E-state index is -0.961. The lowest BCUT2D eigenvalue weighted by Crippen LogP contribution is -2.41. The van der Waals surface area contributed by atoms with Gasteiger partial charge in [0.15, 0.2) is 6.54 Å². The van der Waals surface area contributed by atoms with Crippen LogP contribution in [0.1, 0.15) is 12.0 Å². The Morgan fingerprint density at radius 2 is 1.83 bits per heavy atom. The fourth-order valence-corrected chi connectivity index (χ4v) is 4.72. The molecule has 4 rings (SSSR count). The highest BCUT2D eigenvalue weighted by atomic mass is 79.9. The molecule has 0 bridgehead atoms. The summed E-state index contributed by atoms with van der Waals surface area (Å²) in [6, 6.07) is 18.3. The van der Waals surface area contributed by atoms with Gasteiger partial charge < -0.3 is 5.11 Å². The summed E-state index contributed by atoms with van der Waals surface area (Å²) in [5, 5.41) is 12.6. The van der Waals surface area contributed by atoms with Gasteiger partial charge in [-0.15, -0.1) is 0 Å². The number of amidine groups is 1. The Hall–Kier alpha value is -1.30. The van der Waals surface area contributed by atoms with Crippen molar-refractivity contribution in [1.29, 1.82) is 0 Å². The molecule has 118 valence electrons. The molecule has 0 fully saturated rings. The van der Waals surface area contributed by atoms with Crippen LogP contribution < -0.4 is 4.90 Å². The highest BCUT2D eigenvalue weighted by Crippen LogP contribution is 2.37. The number of rotatable bonds is 2. The summed E-state index contributed by atoms with van der Waals surface area (Å²) in [6.45, 7) is 1.45. The maximum atomic E-state index is 11.5. The number of halogens is 1. The molecule has 0 saturated heterocycles. The first-order valence-electron chi connectivity index (χ1n) is 7.77.